The van der Waals surface area contributed by atoms with E-state index in [0.717, 1.165) is 0 Å². The molecule has 12 heavy (non-hydrogen) atoms. The van der Waals surface area contributed by atoms with Crippen LogP contribution in [0.4, 0.5) is 0 Å². The standard InChI is InChI=1S/C9H18O3/c1-7(5-8(10)11)6-12-9(2,3)4/h7H,5-6H2,1-4H3,(H,10,11)/t7-/m0/s1. The van der Waals surface area contributed by atoms with Crippen LogP contribution in [0.25, 0.3) is 0 Å². The zero-order valence-electron chi connectivity index (χ0n) is 8.26. The van der Waals surface area contributed by atoms with Crippen molar-refractivity contribution in [3.8, 4) is 0 Å². The highest BCUT2D eigenvalue weighted by Crippen LogP contribution is 2.11. The van der Waals surface area contributed by atoms with E-state index in [1.165, 1.54) is 0 Å². The Labute approximate surface area is 73.7 Å². The maximum Gasteiger partial charge on any atom is 0.303 e. The molecule has 0 rings (SSSR count). The minimum Gasteiger partial charge on any atom is -0.481 e. The van der Waals surface area contributed by atoms with Gasteiger partial charge in [0.15, 0.2) is 0 Å². The summed E-state index contributed by atoms with van der Waals surface area (Å²) < 4.78 is 5.43. The van der Waals surface area contributed by atoms with E-state index in [-0.39, 0.29) is 17.9 Å². The SMILES string of the molecule is C[C@H](COC(C)(C)C)CC(=O)O. The summed E-state index contributed by atoms with van der Waals surface area (Å²) in [4.78, 5) is 10.3. The maximum absolute atomic E-state index is 10.3. The molecule has 3 heteroatoms. The van der Waals surface area contributed by atoms with Crippen molar-refractivity contribution in [1.82, 2.24) is 0 Å². The minimum absolute atomic E-state index is 0.0849. The number of ether oxygens (including phenoxy) is 1. The first-order valence-corrected chi connectivity index (χ1v) is 4.17. The van der Waals surface area contributed by atoms with E-state index in [4.69, 9.17) is 9.84 Å². The molecule has 0 amide bonds. The fourth-order valence-corrected chi connectivity index (χ4v) is 0.749. The van der Waals surface area contributed by atoms with Crippen LogP contribution in [0.1, 0.15) is 34.1 Å². The summed E-state index contributed by atoms with van der Waals surface area (Å²) >= 11 is 0. The van der Waals surface area contributed by atoms with Crippen molar-refractivity contribution < 1.29 is 14.6 Å². The summed E-state index contributed by atoms with van der Waals surface area (Å²) in [6, 6.07) is 0. The maximum atomic E-state index is 10.3. The highest BCUT2D eigenvalue weighted by molar-refractivity contribution is 5.66. The lowest BCUT2D eigenvalue weighted by atomic mass is 10.1. The van der Waals surface area contributed by atoms with Crippen LogP contribution in [0, 0.1) is 5.92 Å². The molecule has 0 aromatic carbocycles. The molecule has 0 radical (unpaired) electrons. The van der Waals surface area contributed by atoms with E-state index in [1.54, 1.807) is 0 Å². The molecule has 0 aromatic rings. The van der Waals surface area contributed by atoms with Crippen molar-refractivity contribution in [2.75, 3.05) is 6.61 Å². The van der Waals surface area contributed by atoms with E-state index in [9.17, 15) is 4.79 Å². The molecule has 1 atom stereocenters. The van der Waals surface area contributed by atoms with Gasteiger partial charge in [0.25, 0.3) is 0 Å². The number of hydrogen-bond acceptors (Lipinski definition) is 2. The molecule has 0 aliphatic rings. The first-order valence-electron chi connectivity index (χ1n) is 4.17. The van der Waals surface area contributed by atoms with Gasteiger partial charge in [-0.3, -0.25) is 4.79 Å². The molecule has 0 fully saturated rings. The average molecular weight is 174 g/mol. The summed E-state index contributed by atoms with van der Waals surface area (Å²) in [5, 5.41) is 8.46. The smallest absolute Gasteiger partial charge is 0.303 e. The molecular weight excluding hydrogens is 156 g/mol. The molecule has 0 aliphatic heterocycles. The third-order valence-corrected chi connectivity index (χ3v) is 1.32. The number of rotatable bonds is 4. The summed E-state index contributed by atoms with van der Waals surface area (Å²) in [7, 11) is 0. The largest absolute Gasteiger partial charge is 0.481 e. The molecule has 1 N–H and O–H groups in total. The van der Waals surface area contributed by atoms with Gasteiger partial charge in [-0.15, -0.1) is 0 Å². The number of hydrogen-bond donors (Lipinski definition) is 1. The minimum atomic E-state index is -0.764. The Morgan fingerprint density at radius 3 is 2.33 bits per heavy atom. The number of carbonyl (C=O) groups is 1. The van der Waals surface area contributed by atoms with Gasteiger partial charge >= 0.3 is 5.97 Å². The van der Waals surface area contributed by atoms with Crippen LogP contribution in [0.2, 0.25) is 0 Å². The molecule has 0 aromatic heterocycles. The molecule has 0 saturated carbocycles. The molecule has 0 bridgehead atoms. The zero-order chi connectivity index (χ0) is 9.78. The predicted octanol–water partition coefficient (Wildman–Crippen LogP) is 1.91. The van der Waals surface area contributed by atoms with E-state index in [2.05, 4.69) is 0 Å². The van der Waals surface area contributed by atoms with E-state index < -0.39 is 5.97 Å². The lowest BCUT2D eigenvalue weighted by Gasteiger charge is -2.21. The molecule has 0 aliphatic carbocycles. The van der Waals surface area contributed by atoms with Crippen molar-refractivity contribution in [2.45, 2.75) is 39.7 Å². The van der Waals surface area contributed by atoms with Crippen molar-refractivity contribution in [1.29, 1.82) is 0 Å². The zero-order valence-corrected chi connectivity index (χ0v) is 8.26. The van der Waals surface area contributed by atoms with Gasteiger partial charge in [-0.2, -0.15) is 0 Å². The Bertz CT molecular complexity index is 146. The second-order valence-electron chi connectivity index (χ2n) is 4.13. The average Bonchev–Trinajstić information content (AvgIpc) is 1.80. The van der Waals surface area contributed by atoms with Gasteiger partial charge in [0.2, 0.25) is 0 Å². The summed E-state index contributed by atoms with van der Waals surface area (Å²) in [5.74, 6) is -0.679. The fourth-order valence-electron chi connectivity index (χ4n) is 0.749. The molecule has 0 heterocycles. The number of aliphatic carboxylic acids is 1. The monoisotopic (exact) mass is 174 g/mol. The summed E-state index contributed by atoms with van der Waals surface area (Å²) in [6.07, 6.45) is 0.177. The Balaban J connectivity index is 3.57. The van der Waals surface area contributed by atoms with Gasteiger partial charge in [-0.25, -0.2) is 0 Å². The lowest BCUT2D eigenvalue weighted by Crippen LogP contribution is -2.23. The van der Waals surface area contributed by atoms with Crippen LogP contribution in [-0.4, -0.2) is 23.3 Å². The van der Waals surface area contributed by atoms with Gasteiger partial charge in [0, 0.05) is 0 Å². The number of carboxylic acids is 1. The second kappa shape index (κ2) is 4.45. The number of carboxylic acid groups (broad SMARTS) is 1. The van der Waals surface area contributed by atoms with Crippen molar-refractivity contribution >= 4 is 5.97 Å². The lowest BCUT2D eigenvalue weighted by molar-refractivity contribution is -0.139. The third kappa shape index (κ3) is 7.54. The van der Waals surface area contributed by atoms with Crippen LogP contribution in [-0.2, 0) is 9.53 Å². The second-order valence-corrected chi connectivity index (χ2v) is 4.13. The molecule has 72 valence electrons. The molecule has 3 nitrogen and oxygen atoms in total. The van der Waals surface area contributed by atoms with Crippen LogP contribution in [0.15, 0.2) is 0 Å². The summed E-state index contributed by atoms with van der Waals surface area (Å²) in [6.45, 7) is 8.26. The molecule has 0 saturated heterocycles. The Kier molecular flexibility index (Phi) is 4.24. The Morgan fingerprint density at radius 2 is 2.00 bits per heavy atom. The highest BCUT2D eigenvalue weighted by atomic mass is 16.5. The molecule has 0 unspecified atom stereocenters. The predicted molar refractivity (Wildman–Crippen MR) is 47.1 cm³/mol. The van der Waals surface area contributed by atoms with Crippen LogP contribution >= 0.6 is 0 Å². The molecular formula is C9H18O3. The van der Waals surface area contributed by atoms with Crippen LogP contribution < -0.4 is 0 Å². The fraction of sp³-hybridized carbons (Fsp3) is 0.889. The first-order chi connectivity index (χ1) is 5.31. The van der Waals surface area contributed by atoms with Crippen LogP contribution in [0.5, 0.6) is 0 Å². The van der Waals surface area contributed by atoms with Gasteiger partial charge in [0.1, 0.15) is 0 Å². The van der Waals surface area contributed by atoms with Crippen molar-refractivity contribution in [2.24, 2.45) is 5.92 Å². The quantitative estimate of drug-likeness (QED) is 0.708. The Hall–Kier alpha value is -0.570. The highest BCUT2D eigenvalue weighted by Gasteiger charge is 2.14. The van der Waals surface area contributed by atoms with Gasteiger partial charge in [-0.05, 0) is 26.7 Å². The van der Waals surface area contributed by atoms with Crippen molar-refractivity contribution in [3.63, 3.8) is 0 Å². The molecule has 0 spiro atoms. The normalized spacial score (nSPS) is 14.3. The van der Waals surface area contributed by atoms with Gasteiger partial charge in [-0.1, -0.05) is 6.92 Å². The third-order valence-electron chi connectivity index (χ3n) is 1.32. The first kappa shape index (κ1) is 11.4. The van der Waals surface area contributed by atoms with Crippen LogP contribution in [0.3, 0.4) is 0 Å². The van der Waals surface area contributed by atoms with E-state index in [1.807, 2.05) is 27.7 Å². The summed E-state index contributed by atoms with van der Waals surface area (Å²) in [5.41, 5.74) is -0.174. The van der Waals surface area contributed by atoms with E-state index >= 15 is 0 Å². The van der Waals surface area contributed by atoms with E-state index in [0.29, 0.717) is 6.61 Å². The van der Waals surface area contributed by atoms with Gasteiger partial charge < -0.3 is 9.84 Å². The Morgan fingerprint density at radius 1 is 1.50 bits per heavy atom. The topological polar surface area (TPSA) is 46.5 Å². The van der Waals surface area contributed by atoms with Gasteiger partial charge in [0.05, 0.1) is 18.6 Å². The van der Waals surface area contributed by atoms with Crippen molar-refractivity contribution in [3.05, 3.63) is 0 Å².